The fraction of sp³-hybridized carbons (Fsp3) is 0.0588. The highest BCUT2D eigenvalue weighted by Gasteiger charge is 2.17. The molecule has 3 aromatic rings. The van der Waals surface area contributed by atoms with Gasteiger partial charge >= 0.3 is 0 Å². The minimum Gasteiger partial charge on any atom is -0.364 e. The second kappa shape index (κ2) is 6.45. The Morgan fingerprint density at radius 2 is 1.83 bits per heavy atom. The first kappa shape index (κ1) is 16.2. The summed E-state index contributed by atoms with van der Waals surface area (Å²) in [6, 6.07) is 11.9. The van der Waals surface area contributed by atoms with Gasteiger partial charge in [0.25, 0.3) is 5.91 Å². The molecule has 0 bridgehead atoms. The number of aromatic nitrogens is 2. The summed E-state index contributed by atoms with van der Waals surface area (Å²) in [5.41, 5.74) is 6.31. The molecule has 0 spiro atoms. The van der Waals surface area contributed by atoms with Crippen molar-refractivity contribution < 1.29 is 13.6 Å². The smallest absolute Gasteiger partial charge is 0.269 e. The highest BCUT2D eigenvalue weighted by Crippen LogP contribution is 2.27. The molecule has 3 rings (SSSR count). The summed E-state index contributed by atoms with van der Waals surface area (Å²) in [4.78, 5) is 12.5. The zero-order valence-corrected chi connectivity index (χ0v) is 13.5. The fourth-order valence-corrected chi connectivity index (χ4v) is 2.71. The maximum absolute atomic E-state index is 14.1. The van der Waals surface area contributed by atoms with Gasteiger partial charge in [-0.05, 0) is 36.6 Å². The standard InChI is InChI=1S/C17H13F2N3OS/c1-24-12-5-2-10(3-6-12)15-9-14(17(20)23)21-22(15)16-8-11(18)4-7-13(16)19/h2-9H,1H3,(H2,20,23). The number of nitrogens with zero attached hydrogens (tertiary/aromatic N) is 2. The Bertz CT molecular complexity index is 907. The Morgan fingerprint density at radius 3 is 2.46 bits per heavy atom. The van der Waals surface area contributed by atoms with Gasteiger partial charge in [0, 0.05) is 16.5 Å². The minimum absolute atomic E-state index is 0.0254. The van der Waals surface area contributed by atoms with Crippen LogP contribution in [0, 0.1) is 11.6 Å². The molecule has 0 aliphatic heterocycles. The van der Waals surface area contributed by atoms with E-state index < -0.39 is 17.5 Å². The third-order valence-electron chi connectivity index (χ3n) is 3.48. The van der Waals surface area contributed by atoms with Crippen LogP contribution in [0.25, 0.3) is 16.9 Å². The van der Waals surface area contributed by atoms with Gasteiger partial charge in [0.1, 0.15) is 17.3 Å². The number of primary amides is 1. The van der Waals surface area contributed by atoms with Crippen molar-refractivity contribution in [2.45, 2.75) is 4.90 Å². The summed E-state index contributed by atoms with van der Waals surface area (Å²) in [6.07, 6.45) is 1.95. The molecule has 122 valence electrons. The lowest BCUT2D eigenvalue weighted by atomic mass is 10.1. The summed E-state index contributed by atoms with van der Waals surface area (Å²) in [6.45, 7) is 0. The van der Waals surface area contributed by atoms with E-state index in [1.165, 1.54) is 10.7 Å². The van der Waals surface area contributed by atoms with Crippen LogP contribution in [-0.2, 0) is 0 Å². The first-order valence-corrected chi connectivity index (χ1v) is 8.22. The lowest BCUT2D eigenvalue weighted by molar-refractivity contribution is 0.0995. The highest BCUT2D eigenvalue weighted by molar-refractivity contribution is 7.98. The van der Waals surface area contributed by atoms with Crippen LogP contribution in [0.15, 0.2) is 53.4 Å². The van der Waals surface area contributed by atoms with Crippen molar-refractivity contribution in [3.05, 3.63) is 65.9 Å². The molecule has 0 aliphatic carbocycles. The first-order chi connectivity index (χ1) is 11.5. The van der Waals surface area contributed by atoms with Gasteiger partial charge in [-0.2, -0.15) is 5.10 Å². The van der Waals surface area contributed by atoms with Crippen LogP contribution in [0.5, 0.6) is 0 Å². The molecule has 0 unspecified atom stereocenters. The molecular formula is C17H13F2N3OS. The van der Waals surface area contributed by atoms with E-state index in [2.05, 4.69) is 5.10 Å². The summed E-state index contributed by atoms with van der Waals surface area (Å²) < 4.78 is 28.8. The molecule has 2 aromatic carbocycles. The number of carbonyl (C=O) groups excluding carboxylic acids is 1. The van der Waals surface area contributed by atoms with Gasteiger partial charge in [0.15, 0.2) is 5.69 Å². The number of benzene rings is 2. The predicted octanol–water partition coefficient (Wildman–Crippen LogP) is 3.64. The number of thioether (sulfide) groups is 1. The van der Waals surface area contributed by atoms with E-state index in [4.69, 9.17) is 5.73 Å². The van der Waals surface area contributed by atoms with Crippen LogP contribution in [-0.4, -0.2) is 21.9 Å². The zero-order valence-electron chi connectivity index (χ0n) is 12.7. The first-order valence-electron chi connectivity index (χ1n) is 6.99. The van der Waals surface area contributed by atoms with Gasteiger partial charge in [0.2, 0.25) is 0 Å². The van der Waals surface area contributed by atoms with Gasteiger partial charge in [-0.1, -0.05) is 12.1 Å². The molecule has 0 aliphatic rings. The van der Waals surface area contributed by atoms with Gasteiger partial charge in [-0.25, -0.2) is 13.5 Å². The van der Waals surface area contributed by atoms with Crippen molar-refractivity contribution in [3.8, 4) is 16.9 Å². The third kappa shape index (κ3) is 3.03. The number of nitrogens with two attached hydrogens (primary N) is 1. The van der Waals surface area contributed by atoms with Gasteiger partial charge in [-0.15, -0.1) is 11.8 Å². The second-order valence-corrected chi connectivity index (χ2v) is 5.89. The third-order valence-corrected chi connectivity index (χ3v) is 4.23. The molecule has 1 amide bonds. The summed E-state index contributed by atoms with van der Waals surface area (Å²) >= 11 is 1.58. The van der Waals surface area contributed by atoms with E-state index >= 15 is 0 Å². The van der Waals surface area contributed by atoms with E-state index in [0.29, 0.717) is 11.3 Å². The molecule has 4 nitrogen and oxygen atoms in total. The number of carbonyl (C=O) groups is 1. The molecule has 1 heterocycles. The molecule has 0 saturated heterocycles. The molecule has 7 heteroatoms. The molecule has 0 fully saturated rings. The zero-order chi connectivity index (χ0) is 17.3. The van der Waals surface area contributed by atoms with Crippen molar-refractivity contribution in [1.82, 2.24) is 9.78 Å². The van der Waals surface area contributed by atoms with Gasteiger partial charge in [-0.3, -0.25) is 4.79 Å². The number of hydrogen-bond donors (Lipinski definition) is 1. The summed E-state index contributed by atoms with van der Waals surface area (Å²) in [5, 5.41) is 4.03. The number of halogens is 2. The number of hydrogen-bond acceptors (Lipinski definition) is 3. The topological polar surface area (TPSA) is 60.9 Å². The van der Waals surface area contributed by atoms with Gasteiger partial charge < -0.3 is 5.73 Å². The van der Waals surface area contributed by atoms with Crippen molar-refractivity contribution in [2.75, 3.05) is 6.26 Å². The molecule has 0 saturated carbocycles. The van der Waals surface area contributed by atoms with Crippen molar-refractivity contribution >= 4 is 17.7 Å². The molecule has 0 atom stereocenters. The number of amides is 1. The molecular weight excluding hydrogens is 332 g/mol. The maximum atomic E-state index is 14.1. The van der Waals surface area contributed by atoms with Crippen LogP contribution < -0.4 is 5.73 Å². The number of rotatable bonds is 4. The Labute approximate surface area is 141 Å². The average molecular weight is 345 g/mol. The van der Waals surface area contributed by atoms with Crippen LogP contribution >= 0.6 is 11.8 Å². The highest BCUT2D eigenvalue weighted by atomic mass is 32.2. The molecule has 1 aromatic heterocycles. The van der Waals surface area contributed by atoms with Crippen molar-refractivity contribution in [2.24, 2.45) is 5.73 Å². The van der Waals surface area contributed by atoms with Crippen LogP contribution in [0.1, 0.15) is 10.5 Å². The van der Waals surface area contributed by atoms with E-state index in [9.17, 15) is 13.6 Å². The largest absolute Gasteiger partial charge is 0.364 e. The summed E-state index contributed by atoms with van der Waals surface area (Å²) in [7, 11) is 0. The molecule has 2 N–H and O–H groups in total. The summed E-state index contributed by atoms with van der Waals surface area (Å²) in [5.74, 6) is -2.00. The average Bonchev–Trinajstić information content (AvgIpc) is 3.02. The van der Waals surface area contributed by atoms with Crippen LogP contribution in [0.3, 0.4) is 0 Å². The SMILES string of the molecule is CSc1ccc(-c2cc(C(N)=O)nn2-c2cc(F)ccc2F)cc1. The quantitative estimate of drug-likeness (QED) is 0.735. The normalized spacial score (nSPS) is 10.8. The lowest BCUT2D eigenvalue weighted by Crippen LogP contribution is -2.12. The second-order valence-electron chi connectivity index (χ2n) is 5.02. The van der Waals surface area contributed by atoms with Crippen molar-refractivity contribution in [3.63, 3.8) is 0 Å². The maximum Gasteiger partial charge on any atom is 0.269 e. The van der Waals surface area contributed by atoms with E-state index in [1.807, 2.05) is 30.5 Å². The van der Waals surface area contributed by atoms with Crippen LogP contribution in [0.2, 0.25) is 0 Å². The minimum atomic E-state index is -0.743. The Kier molecular flexibility index (Phi) is 4.35. The Balaban J connectivity index is 2.21. The molecule has 0 radical (unpaired) electrons. The lowest BCUT2D eigenvalue weighted by Gasteiger charge is -2.09. The Morgan fingerprint density at radius 1 is 1.12 bits per heavy atom. The van der Waals surface area contributed by atoms with Crippen LogP contribution in [0.4, 0.5) is 8.78 Å². The fourth-order valence-electron chi connectivity index (χ4n) is 2.30. The van der Waals surface area contributed by atoms with Crippen molar-refractivity contribution in [1.29, 1.82) is 0 Å². The monoisotopic (exact) mass is 345 g/mol. The predicted molar refractivity (Wildman–Crippen MR) is 89.2 cm³/mol. The Hall–Kier alpha value is -2.67. The van der Waals surface area contributed by atoms with E-state index in [-0.39, 0.29) is 11.4 Å². The molecule has 24 heavy (non-hydrogen) atoms. The van der Waals surface area contributed by atoms with E-state index in [1.54, 1.807) is 11.8 Å². The van der Waals surface area contributed by atoms with E-state index in [0.717, 1.165) is 23.1 Å². The van der Waals surface area contributed by atoms with Gasteiger partial charge in [0.05, 0.1) is 5.69 Å².